The predicted octanol–water partition coefficient (Wildman–Crippen LogP) is 9.49. The minimum absolute atomic E-state index is 0.0192. The normalized spacial score (nSPS) is 15.6. The number of hydrogen-bond donors (Lipinski definition) is 4. The molecular formula is C45H77FO6. The van der Waals surface area contributed by atoms with Gasteiger partial charge in [-0.3, -0.25) is 4.79 Å². The first-order valence-corrected chi connectivity index (χ1v) is 18.6. The molecule has 7 heteroatoms. The number of aliphatic hydroxyl groups excluding tert-OH is 2. The number of aliphatic carboxylic acids is 1. The van der Waals surface area contributed by atoms with Crippen LogP contribution in [0.5, 0.6) is 0 Å². The average Bonchev–Trinajstić information content (AvgIpc) is 2.93. The van der Waals surface area contributed by atoms with Gasteiger partial charge in [0.15, 0.2) is 0 Å². The van der Waals surface area contributed by atoms with Crippen LogP contribution in [0.4, 0.5) is 4.39 Å². The van der Waals surface area contributed by atoms with Crippen LogP contribution < -0.4 is 0 Å². The number of rotatable bonds is 5. The monoisotopic (exact) mass is 733 g/mol. The summed E-state index contributed by atoms with van der Waals surface area (Å²) >= 11 is 0. The number of carboxylic acid groups (broad SMARTS) is 1. The molecule has 0 amide bonds. The van der Waals surface area contributed by atoms with Gasteiger partial charge in [0, 0.05) is 46.5 Å². The van der Waals surface area contributed by atoms with Crippen molar-refractivity contribution in [3.8, 4) is 47.4 Å². The van der Waals surface area contributed by atoms with Crippen LogP contribution in [-0.4, -0.2) is 64.1 Å². The summed E-state index contributed by atoms with van der Waals surface area (Å²) in [6, 6.07) is 0. The van der Waals surface area contributed by atoms with E-state index in [9.17, 15) is 14.3 Å². The quantitative estimate of drug-likeness (QED) is 0.166. The molecule has 300 valence electrons. The molecule has 1 aliphatic carbocycles. The standard InChI is InChI=1S/C10H16O.C10H18O.C9H13FO.C9H16O.C7H14O2/c1-9(2,3)7-8-10(11)5-4-6-10;1-9(2,3)6-7-10(4,5)8-11;1-8(2,3)4-5-9(10)6-11-7-9;1-9(2,3)7-5-4-6-8-10;1-7(2,3)5-4-6(8)9/h11H,4-6H2,1-3H3;11H,8H2,1-5H3;6-7H2,1-3H3;10H,4,6,8H2,1-3H3;4-5H2,1-3H3,(H,8,9). The van der Waals surface area contributed by atoms with E-state index in [1.807, 2.05) is 55.4 Å². The molecule has 1 saturated carbocycles. The van der Waals surface area contributed by atoms with Crippen molar-refractivity contribution in [2.75, 3.05) is 26.4 Å². The van der Waals surface area contributed by atoms with E-state index in [0.717, 1.165) is 38.5 Å². The molecule has 6 nitrogen and oxygen atoms in total. The van der Waals surface area contributed by atoms with Crippen LogP contribution in [0.3, 0.4) is 0 Å². The van der Waals surface area contributed by atoms with Crippen LogP contribution in [0.2, 0.25) is 0 Å². The van der Waals surface area contributed by atoms with Gasteiger partial charge in [-0.05, 0) is 134 Å². The Kier molecular flexibility index (Phi) is 24.1. The van der Waals surface area contributed by atoms with Gasteiger partial charge >= 0.3 is 5.97 Å². The topological polar surface area (TPSA) is 107 Å². The Morgan fingerprint density at radius 3 is 1.40 bits per heavy atom. The van der Waals surface area contributed by atoms with Crippen LogP contribution in [0.25, 0.3) is 0 Å². The molecule has 1 saturated heterocycles. The predicted molar refractivity (Wildman–Crippen MR) is 216 cm³/mol. The Bertz CT molecular complexity index is 1170. The van der Waals surface area contributed by atoms with Crippen molar-refractivity contribution in [3.05, 3.63) is 0 Å². The summed E-state index contributed by atoms with van der Waals surface area (Å²) < 4.78 is 17.9. The van der Waals surface area contributed by atoms with Crippen molar-refractivity contribution in [2.45, 2.75) is 174 Å². The van der Waals surface area contributed by atoms with E-state index in [2.05, 4.69) is 110 Å². The second-order valence-corrected chi connectivity index (χ2v) is 19.7. The molecule has 0 atom stereocenters. The number of ether oxygens (including phenoxy) is 1. The molecule has 1 aliphatic heterocycles. The second-order valence-electron chi connectivity index (χ2n) is 19.7. The molecule has 1 heterocycles. The molecule has 2 fully saturated rings. The highest BCUT2D eigenvalue weighted by atomic mass is 19.1. The number of carboxylic acids is 1. The van der Waals surface area contributed by atoms with E-state index >= 15 is 0 Å². The Balaban J connectivity index is -0.000000579. The highest BCUT2D eigenvalue weighted by molar-refractivity contribution is 5.66. The molecule has 0 aromatic rings. The zero-order valence-corrected chi connectivity index (χ0v) is 36.3. The molecule has 52 heavy (non-hydrogen) atoms. The number of hydrogen-bond acceptors (Lipinski definition) is 5. The van der Waals surface area contributed by atoms with Gasteiger partial charge in [0.25, 0.3) is 0 Å². The van der Waals surface area contributed by atoms with Crippen molar-refractivity contribution >= 4 is 5.97 Å². The number of halogens is 1. The SMILES string of the molecule is CC(C)(C)C#CC(C)(C)CO.CC(C)(C)C#CC1(F)COC1.CC(C)(C)C#CC1(O)CCC1.CC(C)(C)C#CCCCO.CC(C)(C)CCC(=O)O. The lowest BCUT2D eigenvalue weighted by Gasteiger charge is -2.31. The van der Waals surface area contributed by atoms with Gasteiger partial charge in [-0.1, -0.05) is 62.2 Å². The highest BCUT2D eigenvalue weighted by Crippen LogP contribution is 2.31. The van der Waals surface area contributed by atoms with Crippen LogP contribution in [0.15, 0.2) is 0 Å². The lowest BCUT2D eigenvalue weighted by atomic mass is 9.80. The van der Waals surface area contributed by atoms with E-state index < -0.39 is 17.2 Å². The second kappa shape index (κ2) is 23.3. The summed E-state index contributed by atoms with van der Waals surface area (Å²) in [6.45, 7) is 35.1. The zero-order chi connectivity index (χ0) is 41.7. The summed E-state index contributed by atoms with van der Waals surface area (Å²) in [4.78, 5) is 10.0. The maximum absolute atomic E-state index is 13.1. The van der Waals surface area contributed by atoms with E-state index in [1.165, 1.54) is 0 Å². The smallest absolute Gasteiger partial charge is 0.303 e. The minimum atomic E-state index is -1.35. The van der Waals surface area contributed by atoms with Gasteiger partial charge in [-0.25, -0.2) is 4.39 Å². The van der Waals surface area contributed by atoms with E-state index in [4.69, 9.17) is 20.1 Å². The van der Waals surface area contributed by atoms with Gasteiger partial charge in [0.1, 0.15) is 5.60 Å². The number of alkyl halides is 1. The third-order valence-electron chi connectivity index (χ3n) is 6.36. The fourth-order valence-corrected chi connectivity index (χ4v) is 2.97. The van der Waals surface area contributed by atoms with Crippen LogP contribution >= 0.6 is 0 Å². The minimum Gasteiger partial charge on any atom is -0.481 e. The van der Waals surface area contributed by atoms with E-state index in [0.29, 0.717) is 0 Å². The Hall–Kier alpha value is -2.52. The average molecular weight is 733 g/mol. The number of carbonyl (C=O) groups is 1. The zero-order valence-electron chi connectivity index (χ0n) is 36.3. The fourth-order valence-electron chi connectivity index (χ4n) is 2.97. The number of unbranched alkanes of at least 4 members (excludes halogenated alkanes) is 1. The molecule has 2 rings (SSSR count). The van der Waals surface area contributed by atoms with Crippen molar-refractivity contribution in [1.29, 1.82) is 0 Å². The summed E-state index contributed by atoms with van der Waals surface area (Å²) in [5, 5.41) is 35.2. The van der Waals surface area contributed by atoms with E-state index in [1.54, 1.807) is 0 Å². The van der Waals surface area contributed by atoms with Gasteiger partial charge in [0.2, 0.25) is 5.67 Å². The molecule has 0 spiro atoms. The Labute approximate surface area is 319 Å². The maximum Gasteiger partial charge on any atom is 0.303 e. The molecular weight excluding hydrogens is 655 g/mol. The first kappa shape index (κ1) is 53.8. The van der Waals surface area contributed by atoms with Crippen molar-refractivity contribution in [1.82, 2.24) is 0 Å². The first-order chi connectivity index (χ1) is 23.1. The summed E-state index contributed by atoms with van der Waals surface area (Å²) in [7, 11) is 0. The highest BCUT2D eigenvalue weighted by Gasteiger charge is 2.37. The number of aliphatic hydroxyl groups is 3. The van der Waals surface area contributed by atoms with Crippen LogP contribution in [0, 0.1) is 79.9 Å². The molecule has 4 N–H and O–H groups in total. The summed E-state index contributed by atoms with van der Waals surface area (Å²) in [5.74, 6) is 23.0. The maximum atomic E-state index is 13.1. The lowest BCUT2D eigenvalue weighted by molar-refractivity contribution is -0.137. The van der Waals surface area contributed by atoms with Gasteiger partial charge in [-0.2, -0.15) is 0 Å². The summed E-state index contributed by atoms with van der Waals surface area (Å²) in [5.41, 5.74) is -2.05. The molecule has 0 aromatic carbocycles. The van der Waals surface area contributed by atoms with E-state index in [-0.39, 0.29) is 65.3 Å². The fraction of sp³-hybridized carbons (Fsp3) is 0.800. The first-order valence-electron chi connectivity index (χ1n) is 18.6. The Morgan fingerprint density at radius 2 is 1.13 bits per heavy atom. The van der Waals surface area contributed by atoms with Gasteiger partial charge < -0.3 is 25.2 Å². The van der Waals surface area contributed by atoms with Crippen molar-refractivity contribution < 1.29 is 34.3 Å². The van der Waals surface area contributed by atoms with Crippen molar-refractivity contribution in [3.63, 3.8) is 0 Å². The van der Waals surface area contributed by atoms with Crippen LogP contribution in [0.1, 0.15) is 163 Å². The molecule has 2 aliphatic rings. The van der Waals surface area contributed by atoms with Gasteiger partial charge in [0.05, 0.1) is 19.8 Å². The van der Waals surface area contributed by atoms with Crippen LogP contribution in [-0.2, 0) is 9.53 Å². The Morgan fingerprint density at radius 1 is 0.692 bits per heavy atom. The molecule has 0 unspecified atom stereocenters. The largest absolute Gasteiger partial charge is 0.481 e. The van der Waals surface area contributed by atoms with Gasteiger partial charge in [-0.15, -0.1) is 5.92 Å². The molecule has 0 bridgehead atoms. The summed E-state index contributed by atoms with van der Waals surface area (Å²) in [6.07, 6.45) is 5.48. The van der Waals surface area contributed by atoms with Crippen molar-refractivity contribution in [2.24, 2.45) is 32.5 Å². The third-order valence-corrected chi connectivity index (χ3v) is 6.36. The molecule has 0 radical (unpaired) electrons. The third kappa shape index (κ3) is 40.3. The lowest BCUT2D eigenvalue weighted by Crippen LogP contribution is -2.44. The molecule has 0 aromatic heterocycles.